The van der Waals surface area contributed by atoms with Crippen LogP contribution in [0.2, 0.25) is 0 Å². The topological polar surface area (TPSA) is 32.3 Å². The molecule has 2 atom stereocenters. The summed E-state index contributed by atoms with van der Waals surface area (Å²) in [4.78, 5) is 0. The van der Waals surface area contributed by atoms with E-state index in [1.54, 1.807) is 0 Å². The molecule has 0 aromatic heterocycles. The third-order valence-corrected chi connectivity index (χ3v) is 3.42. The van der Waals surface area contributed by atoms with Crippen LogP contribution in [0, 0.1) is 6.92 Å². The Balaban J connectivity index is 2.06. The summed E-state index contributed by atoms with van der Waals surface area (Å²) in [6.45, 7) is 4.56. The van der Waals surface area contributed by atoms with Crippen molar-refractivity contribution in [3.8, 4) is 0 Å². The first-order valence-electron chi connectivity index (χ1n) is 6.17. The Morgan fingerprint density at radius 1 is 1.50 bits per heavy atom. The molecule has 0 spiro atoms. The normalized spacial score (nSPS) is 20.8. The summed E-state index contributed by atoms with van der Waals surface area (Å²) in [6, 6.07) is 7.61. The number of aryl methyl sites for hydroxylation is 2. The second kappa shape index (κ2) is 4.98. The van der Waals surface area contributed by atoms with Gasteiger partial charge in [-0.3, -0.25) is 0 Å². The van der Waals surface area contributed by atoms with Crippen molar-refractivity contribution in [3.05, 3.63) is 34.9 Å². The maximum Gasteiger partial charge on any atom is 0.0445 e. The summed E-state index contributed by atoms with van der Waals surface area (Å²) < 4.78 is 0. The lowest BCUT2D eigenvalue weighted by Crippen LogP contribution is -2.30. The predicted molar refractivity (Wildman–Crippen MR) is 66.5 cm³/mol. The Bertz CT molecular complexity index is 362. The molecule has 0 aliphatic heterocycles. The lowest BCUT2D eigenvalue weighted by Gasteiger charge is -2.19. The van der Waals surface area contributed by atoms with Gasteiger partial charge in [0.1, 0.15) is 0 Å². The number of nitrogens with one attached hydrogen (secondary N) is 1. The molecule has 1 aliphatic carbocycles. The van der Waals surface area contributed by atoms with Crippen LogP contribution in [0.15, 0.2) is 18.2 Å². The van der Waals surface area contributed by atoms with Gasteiger partial charge in [-0.25, -0.2) is 0 Å². The van der Waals surface area contributed by atoms with E-state index in [1.165, 1.54) is 29.5 Å². The number of aliphatic hydroxyl groups excluding tert-OH is 1. The van der Waals surface area contributed by atoms with Gasteiger partial charge in [0, 0.05) is 18.7 Å². The summed E-state index contributed by atoms with van der Waals surface area (Å²) in [5.74, 6) is 0. The zero-order valence-corrected chi connectivity index (χ0v) is 10.2. The highest BCUT2D eigenvalue weighted by Gasteiger charge is 2.23. The molecule has 0 saturated heterocycles. The van der Waals surface area contributed by atoms with E-state index >= 15 is 0 Å². The minimum absolute atomic E-state index is 0.266. The van der Waals surface area contributed by atoms with E-state index in [2.05, 4.69) is 37.4 Å². The third kappa shape index (κ3) is 2.45. The van der Waals surface area contributed by atoms with Crippen LogP contribution in [0.1, 0.15) is 42.5 Å². The van der Waals surface area contributed by atoms with E-state index in [0.29, 0.717) is 12.1 Å². The molecule has 88 valence electrons. The van der Waals surface area contributed by atoms with Crippen LogP contribution in [0.25, 0.3) is 0 Å². The van der Waals surface area contributed by atoms with Gasteiger partial charge in [-0.15, -0.1) is 0 Å². The summed E-state index contributed by atoms with van der Waals surface area (Å²) in [5, 5.41) is 12.5. The van der Waals surface area contributed by atoms with Gasteiger partial charge < -0.3 is 10.4 Å². The largest absolute Gasteiger partial charge is 0.396 e. The molecule has 2 heteroatoms. The average molecular weight is 219 g/mol. The molecule has 2 N–H and O–H groups in total. The van der Waals surface area contributed by atoms with E-state index in [4.69, 9.17) is 5.11 Å². The molecule has 2 nitrogen and oxygen atoms in total. The number of hydrogen-bond acceptors (Lipinski definition) is 2. The summed E-state index contributed by atoms with van der Waals surface area (Å²) in [6.07, 6.45) is 3.20. The van der Waals surface area contributed by atoms with Gasteiger partial charge >= 0.3 is 0 Å². The third-order valence-electron chi connectivity index (χ3n) is 3.42. The van der Waals surface area contributed by atoms with Crippen molar-refractivity contribution in [1.82, 2.24) is 5.32 Å². The Labute approximate surface area is 97.7 Å². The number of aliphatic hydroxyl groups is 1. The van der Waals surface area contributed by atoms with Crippen molar-refractivity contribution in [2.24, 2.45) is 0 Å². The van der Waals surface area contributed by atoms with Crippen molar-refractivity contribution >= 4 is 0 Å². The molecule has 0 bridgehead atoms. The molecule has 0 radical (unpaired) electrons. The Hall–Kier alpha value is -0.860. The standard InChI is InChI=1S/C14H21NO/c1-10-3-5-13-12(9-10)4-6-14(13)15-11(2)7-8-16/h3,5,9,11,14-16H,4,6-8H2,1-2H3/t11-,14?/m1/s1. The highest BCUT2D eigenvalue weighted by atomic mass is 16.3. The average Bonchev–Trinajstić information content (AvgIpc) is 2.61. The van der Waals surface area contributed by atoms with E-state index in [1.807, 2.05) is 0 Å². The first kappa shape index (κ1) is 11.6. The van der Waals surface area contributed by atoms with E-state index in [-0.39, 0.29) is 6.61 Å². The highest BCUT2D eigenvalue weighted by Crippen LogP contribution is 2.32. The van der Waals surface area contributed by atoms with Crippen molar-refractivity contribution in [3.63, 3.8) is 0 Å². The monoisotopic (exact) mass is 219 g/mol. The SMILES string of the molecule is Cc1ccc2c(c1)CCC2N[C@H](C)CCO. The second-order valence-corrected chi connectivity index (χ2v) is 4.87. The fraction of sp³-hybridized carbons (Fsp3) is 0.571. The number of hydrogen-bond donors (Lipinski definition) is 2. The molecule has 0 heterocycles. The Kier molecular flexibility index (Phi) is 3.62. The zero-order valence-electron chi connectivity index (χ0n) is 10.2. The molecular weight excluding hydrogens is 198 g/mol. The van der Waals surface area contributed by atoms with Gasteiger partial charge in [-0.05, 0) is 44.2 Å². The maximum absolute atomic E-state index is 8.90. The minimum Gasteiger partial charge on any atom is -0.396 e. The van der Waals surface area contributed by atoms with Crippen LogP contribution in [-0.2, 0) is 6.42 Å². The predicted octanol–water partition coefficient (Wildman–Crippen LogP) is 2.34. The summed E-state index contributed by atoms with van der Waals surface area (Å²) in [7, 11) is 0. The van der Waals surface area contributed by atoms with E-state index in [0.717, 1.165) is 6.42 Å². The molecule has 1 unspecified atom stereocenters. The molecule has 0 saturated carbocycles. The first-order chi connectivity index (χ1) is 7.70. The molecule has 1 aromatic rings. The van der Waals surface area contributed by atoms with Crippen LogP contribution in [0.5, 0.6) is 0 Å². The smallest absolute Gasteiger partial charge is 0.0445 e. The van der Waals surface area contributed by atoms with Crippen molar-refractivity contribution < 1.29 is 5.11 Å². The Morgan fingerprint density at radius 2 is 2.31 bits per heavy atom. The molecule has 0 fully saturated rings. The molecule has 0 amide bonds. The molecule has 1 aromatic carbocycles. The molecular formula is C14H21NO. The van der Waals surface area contributed by atoms with Crippen LogP contribution in [0.4, 0.5) is 0 Å². The van der Waals surface area contributed by atoms with Gasteiger partial charge in [-0.2, -0.15) is 0 Å². The van der Waals surface area contributed by atoms with Crippen molar-refractivity contribution in [2.75, 3.05) is 6.61 Å². The molecule has 1 aliphatic rings. The van der Waals surface area contributed by atoms with E-state index < -0.39 is 0 Å². The highest BCUT2D eigenvalue weighted by molar-refractivity contribution is 5.37. The minimum atomic E-state index is 0.266. The fourth-order valence-corrected chi connectivity index (χ4v) is 2.54. The van der Waals surface area contributed by atoms with Crippen LogP contribution in [0.3, 0.4) is 0 Å². The van der Waals surface area contributed by atoms with Gasteiger partial charge in [0.05, 0.1) is 0 Å². The van der Waals surface area contributed by atoms with Crippen LogP contribution in [-0.4, -0.2) is 17.8 Å². The molecule has 16 heavy (non-hydrogen) atoms. The van der Waals surface area contributed by atoms with Gasteiger partial charge in [0.15, 0.2) is 0 Å². The lowest BCUT2D eigenvalue weighted by atomic mass is 10.0. The second-order valence-electron chi connectivity index (χ2n) is 4.87. The first-order valence-corrected chi connectivity index (χ1v) is 6.17. The Morgan fingerprint density at radius 3 is 3.06 bits per heavy atom. The maximum atomic E-state index is 8.90. The number of benzene rings is 1. The fourth-order valence-electron chi connectivity index (χ4n) is 2.54. The number of rotatable bonds is 4. The van der Waals surface area contributed by atoms with Crippen LogP contribution >= 0.6 is 0 Å². The summed E-state index contributed by atoms with van der Waals surface area (Å²) >= 11 is 0. The van der Waals surface area contributed by atoms with Crippen molar-refractivity contribution in [1.29, 1.82) is 0 Å². The zero-order chi connectivity index (χ0) is 11.5. The molecule has 2 rings (SSSR count). The number of fused-ring (bicyclic) bond motifs is 1. The van der Waals surface area contributed by atoms with E-state index in [9.17, 15) is 0 Å². The van der Waals surface area contributed by atoms with Gasteiger partial charge in [0.2, 0.25) is 0 Å². The van der Waals surface area contributed by atoms with Crippen LogP contribution < -0.4 is 5.32 Å². The lowest BCUT2D eigenvalue weighted by molar-refractivity contribution is 0.263. The van der Waals surface area contributed by atoms with Gasteiger partial charge in [0.25, 0.3) is 0 Å². The quantitative estimate of drug-likeness (QED) is 0.814. The van der Waals surface area contributed by atoms with Crippen molar-refractivity contribution in [2.45, 2.75) is 45.2 Å². The van der Waals surface area contributed by atoms with Gasteiger partial charge in [-0.1, -0.05) is 23.8 Å². The summed E-state index contributed by atoms with van der Waals surface area (Å²) in [5.41, 5.74) is 4.30.